The molecule has 0 aliphatic carbocycles. The summed E-state index contributed by atoms with van der Waals surface area (Å²) in [4.78, 5) is 53.7. The fourth-order valence-corrected chi connectivity index (χ4v) is 2.05. The second-order valence-corrected chi connectivity index (χ2v) is 5.94. The lowest BCUT2D eigenvalue weighted by atomic mass is 10.1. The lowest BCUT2D eigenvalue weighted by molar-refractivity contribution is -0.142. The third-order valence-corrected chi connectivity index (χ3v) is 3.69. The van der Waals surface area contributed by atoms with E-state index in [1.54, 1.807) is 0 Å². The lowest BCUT2D eigenvalue weighted by Crippen LogP contribution is -2.57. The molecule has 0 fully saturated rings. The predicted molar refractivity (Wildman–Crippen MR) is 93.5 cm³/mol. The summed E-state index contributed by atoms with van der Waals surface area (Å²) in [6.07, 6.45) is 2.67. The van der Waals surface area contributed by atoms with E-state index in [4.69, 9.17) is 10.8 Å². The quantitative estimate of drug-likeness (QED) is 0.180. The van der Waals surface area contributed by atoms with Gasteiger partial charge < -0.3 is 42.0 Å². The molecular formula is C15H24N6O7. The number of nitrogens with two attached hydrogens (primary N) is 1. The number of carboxylic acid groups (broad SMARTS) is 1. The van der Waals surface area contributed by atoms with Gasteiger partial charge in [-0.15, -0.1) is 0 Å². The Balaban J connectivity index is 2.66. The molecule has 0 aromatic carbocycles. The predicted octanol–water partition coefficient (Wildman–Crippen LogP) is -4.18. The summed E-state index contributed by atoms with van der Waals surface area (Å²) >= 11 is 0. The Kier molecular flexibility index (Phi) is 9.01. The maximum atomic E-state index is 12.2. The van der Waals surface area contributed by atoms with E-state index in [2.05, 4.69) is 25.9 Å². The number of aliphatic hydroxyl groups excluding tert-OH is 2. The second kappa shape index (κ2) is 11.0. The average molecular weight is 400 g/mol. The molecule has 0 saturated carbocycles. The highest BCUT2D eigenvalue weighted by Gasteiger charge is 2.28. The maximum absolute atomic E-state index is 12.2. The van der Waals surface area contributed by atoms with Gasteiger partial charge in [0, 0.05) is 18.3 Å². The summed E-state index contributed by atoms with van der Waals surface area (Å²) in [5.74, 6) is -3.83. The van der Waals surface area contributed by atoms with Crippen LogP contribution in [0.3, 0.4) is 0 Å². The Bertz CT molecular complexity index is 680. The molecule has 1 aromatic heterocycles. The molecule has 4 atom stereocenters. The number of aliphatic carboxylic acids is 1. The van der Waals surface area contributed by atoms with Crippen molar-refractivity contribution in [2.75, 3.05) is 13.2 Å². The van der Waals surface area contributed by atoms with Gasteiger partial charge >= 0.3 is 5.97 Å². The van der Waals surface area contributed by atoms with E-state index in [0.29, 0.717) is 5.69 Å². The Labute approximate surface area is 159 Å². The smallest absolute Gasteiger partial charge is 0.326 e. The molecule has 0 saturated heterocycles. The summed E-state index contributed by atoms with van der Waals surface area (Å²) in [5, 5.41) is 34.1. The zero-order chi connectivity index (χ0) is 21.3. The molecule has 0 bridgehead atoms. The molecule has 0 aliphatic heterocycles. The van der Waals surface area contributed by atoms with Crippen molar-refractivity contribution in [3.05, 3.63) is 18.2 Å². The Hall–Kier alpha value is -3.03. The molecule has 13 nitrogen and oxygen atoms in total. The number of carbonyl (C=O) groups excluding carboxylic acids is 3. The number of hydrogen-bond donors (Lipinski definition) is 8. The molecule has 1 rings (SSSR count). The number of nitrogens with zero attached hydrogens (tertiary/aromatic N) is 1. The summed E-state index contributed by atoms with van der Waals surface area (Å²) in [6, 6.07) is -5.10. The van der Waals surface area contributed by atoms with Gasteiger partial charge in [-0.25, -0.2) is 9.78 Å². The second-order valence-electron chi connectivity index (χ2n) is 5.94. The van der Waals surface area contributed by atoms with Crippen LogP contribution in [0, 0.1) is 0 Å². The van der Waals surface area contributed by atoms with Gasteiger partial charge in [-0.05, 0) is 6.92 Å². The van der Waals surface area contributed by atoms with Crippen LogP contribution in [0.25, 0.3) is 0 Å². The van der Waals surface area contributed by atoms with Gasteiger partial charge in [0.05, 0.1) is 19.5 Å². The zero-order valence-electron chi connectivity index (χ0n) is 15.1. The Morgan fingerprint density at radius 1 is 1.07 bits per heavy atom. The molecule has 0 radical (unpaired) electrons. The Morgan fingerprint density at radius 2 is 1.71 bits per heavy atom. The maximum Gasteiger partial charge on any atom is 0.326 e. The van der Waals surface area contributed by atoms with E-state index in [1.165, 1.54) is 19.4 Å². The van der Waals surface area contributed by atoms with Crippen LogP contribution in [0.2, 0.25) is 0 Å². The van der Waals surface area contributed by atoms with Crippen molar-refractivity contribution in [1.82, 2.24) is 25.9 Å². The van der Waals surface area contributed by atoms with Gasteiger partial charge in [-0.3, -0.25) is 14.4 Å². The number of aromatic nitrogens is 2. The highest BCUT2D eigenvalue weighted by molar-refractivity contribution is 5.94. The molecule has 1 heterocycles. The third kappa shape index (κ3) is 6.94. The van der Waals surface area contributed by atoms with Crippen LogP contribution >= 0.6 is 0 Å². The summed E-state index contributed by atoms with van der Waals surface area (Å²) in [5.41, 5.74) is 5.79. The van der Waals surface area contributed by atoms with Crippen molar-refractivity contribution in [3.63, 3.8) is 0 Å². The fourth-order valence-electron chi connectivity index (χ4n) is 2.05. The number of nitrogens with one attached hydrogen (secondary N) is 4. The van der Waals surface area contributed by atoms with Crippen molar-refractivity contribution >= 4 is 23.7 Å². The van der Waals surface area contributed by atoms with Crippen molar-refractivity contribution in [2.24, 2.45) is 5.73 Å². The van der Waals surface area contributed by atoms with Crippen LogP contribution in [0.1, 0.15) is 12.6 Å². The molecular weight excluding hydrogens is 376 g/mol. The van der Waals surface area contributed by atoms with Crippen LogP contribution in [-0.4, -0.2) is 86.4 Å². The highest BCUT2D eigenvalue weighted by atomic mass is 16.4. The standard InChI is InChI=1S/C15H24N6O7/c1-7(19-13(25)9(16)4-22)12(24)21-11(5-23)14(26)20-10(15(27)28)2-8-3-17-6-18-8/h3,6-7,9-11,22-23H,2,4-5,16H2,1H3,(H,17,18)(H,19,25)(H,20,26)(H,21,24)(H,27,28). The molecule has 4 unspecified atom stereocenters. The van der Waals surface area contributed by atoms with Gasteiger partial charge in [0.15, 0.2) is 0 Å². The topological polar surface area (TPSA) is 220 Å². The van der Waals surface area contributed by atoms with Crippen molar-refractivity contribution in [3.8, 4) is 0 Å². The minimum absolute atomic E-state index is 0.0846. The van der Waals surface area contributed by atoms with Crippen molar-refractivity contribution < 1.29 is 34.5 Å². The molecule has 28 heavy (non-hydrogen) atoms. The number of H-pyrrole nitrogens is 1. The van der Waals surface area contributed by atoms with Gasteiger partial charge in [0.2, 0.25) is 17.7 Å². The number of imidazole rings is 1. The van der Waals surface area contributed by atoms with E-state index in [9.17, 15) is 29.4 Å². The van der Waals surface area contributed by atoms with Gasteiger partial charge in [-0.1, -0.05) is 0 Å². The fraction of sp³-hybridized carbons (Fsp3) is 0.533. The van der Waals surface area contributed by atoms with Crippen LogP contribution in [0.4, 0.5) is 0 Å². The van der Waals surface area contributed by atoms with Crippen molar-refractivity contribution in [1.29, 1.82) is 0 Å². The average Bonchev–Trinajstić information content (AvgIpc) is 3.17. The highest BCUT2D eigenvalue weighted by Crippen LogP contribution is 2.00. The first kappa shape index (κ1) is 23.0. The number of carboxylic acids is 1. The molecule has 13 heteroatoms. The van der Waals surface area contributed by atoms with Crippen LogP contribution in [-0.2, 0) is 25.6 Å². The first-order valence-electron chi connectivity index (χ1n) is 8.28. The molecule has 3 amide bonds. The summed E-state index contributed by atoms with van der Waals surface area (Å²) < 4.78 is 0. The SMILES string of the molecule is CC(NC(=O)C(N)CO)C(=O)NC(CO)C(=O)NC(Cc1cnc[nH]1)C(=O)O. The van der Waals surface area contributed by atoms with Gasteiger partial charge in [-0.2, -0.15) is 0 Å². The number of amides is 3. The van der Waals surface area contributed by atoms with E-state index in [-0.39, 0.29) is 6.42 Å². The lowest BCUT2D eigenvalue weighted by Gasteiger charge is -2.22. The van der Waals surface area contributed by atoms with Crippen LogP contribution < -0.4 is 21.7 Å². The van der Waals surface area contributed by atoms with E-state index >= 15 is 0 Å². The normalized spacial score (nSPS) is 15.0. The molecule has 0 aliphatic rings. The minimum Gasteiger partial charge on any atom is -0.480 e. The molecule has 1 aromatic rings. The van der Waals surface area contributed by atoms with E-state index in [1.807, 2.05) is 0 Å². The third-order valence-electron chi connectivity index (χ3n) is 3.69. The molecule has 9 N–H and O–H groups in total. The largest absolute Gasteiger partial charge is 0.480 e. The van der Waals surface area contributed by atoms with E-state index in [0.717, 1.165) is 0 Å². The monoisotopic (exact) mass is 400 g/mol. The molecule has 156 valence electrons. The van der Waals surface area contributed by atoms with Crippen molar-refractivity contribution in [2.45, 2.75) is 37.5 Å². The zero-order valence-corrected chi connectivity index (χ0v) is 15.1. The van der Waals surface area contributed by atoms with Gasteiger partial charge in [0.25, 0.3) is 0 Å². The van der Waals surface area contributed by atoms with Crippen LogP contribution in [0.15, 0.2) is 12.5 Å². The van der Waals surface area contributed by atoms with E-state index < -0.39 is 61.1 Å². The minimum atomic E-state index is -1.44. The van der Waals surface area contributed by atoms with Crippen LogP contribution in [0.5, 0.6) is 0 Å². The first-order valence-corrected chi connectivity index (χ1v) is 8.28. The first-order chi connectivity index (χ1) is 13.2. The molecule has 0 spiro atoms. The number of hydrogen-bond acceptors (Lipinski definition) is 8. The number of rotatable bonds is 11. The van der Waals surface area contributed by atoms with Gasteiger partial charge in [0.1, 0.15) is 24.2 Å². The summed E-state index contributed by atoms with van der Waals surface area (Å²) in [7, 11) is 0. The Morgan fingerprint density at radius 3 is 2.21 bits per heavy atom. The summed E-state index contributed by atoms with van der Waals surface area (Å²) in [6.45, 7) is -0.110. The number of aromatic amines is 1. The number of aliphatic hydroxyl groups is 2. The number of carbonyl (C=O) groups is 4.